The molecule has 7 heteroatoms. The van der Waals surface area contributed by atoms with Gasteiger partial charge in [0, 0.05) is 24.7 Å². The topological polar surface area (TPSA) is 85.5 Å². The molecular formula is C26H38ClN3O3. The Balaban J connectivity index is 0.000000282. The van der Waals surface area contributed by atoms with Gasteiger partial charge in [-0.3, -0.25) is 9.78 Å². The van der Waals surface area contributed by atoms with Gasteiger partial charge in [0.25, 0.3) is 0 Å². The monoisotopic (exact) mass is 475 g/mol. The molecule has 1 saturated carbocycles. The lowest BCUT2D eigenvalue weighted by molar-refractivity contribution is -0.116. The number of amides is 1. The number of halogens is 1. The quantitative estimate of drug-likeness (QED) is 0.557. The van der Waals surface area contributed by atoms with Crippen molar-refractivity contribution < 1.29 is 14.3 Å². The molecule has 0 radical (unpaired) electrons. The standard InChI is InChI=1S/C12H16N2O3.C8H17N.C6H5Cl/c1-4-5-14(9(2)15)11-6-10(7-13-8-11)12(16)17-3;1-7-2-4-8(6-9)5-3-7;7-6-4-2-1-3-5-6/h6-8H,4-5H2,1-3H3;7-8H,2-6,9H2,1H3;1-5H. The molecule has 1 heterocycles. The molecule has 0 aliphatic heterocycles. The number of ether oxygens (including phenoxy) is 1. The fourth-order valence-electron chi connectivity index (χ4n) is 3.48. The van der Waals surface area contributed by atoms with Gasteiger partial charge in [-0.1, -0.05) is 56.5 Å². The highest BCUT2D eigenvalue weighted by molar-refractivity contribution is 6.30. The third-order valence-corrected chi connectivity index (χ3v) is 5.74. The third kappa shape index (κ3) is 11.3. The molecule has 6 nitrogen and oxygen atoms in total. The Kier molecular flexibility index (Phi) is 14.1. The molecule has 3 rings (SSSR count). The minimum absolute atomic E-state index is 0.0735. The van der Waals surface area contributed by atoms with Gasteiger partial charge in [0.2, 0.25) is 5.91 Å². The van der Waals surface area contributed by atoms with Crippen LogP contribution in [0.5, 0.6) is 0 Å². The van der Waals surface area contributed by atoms with Gasteiger partial charge >= 0.3 is 5.97 Å². The highest BCUT2D eigenvalue weighted by Crippen LogP contribution is 2.27. The summed E-state index contributed by atoms with van der Waals surface area (Å²) >= 11 is 5.54. The molecule has 33 heavy (non-hydrogen) atoms. The van der Waals surface area contributed by atoms with E-state index in [1.807, 2.05) is 37.3 Å². The first-order chi connectivity index (χ1) is 15.8. The van der Waals surface area contributed by atoms with Crippen LogP contribution in [-0.2, 0) is 9.53 Å². The molecular weight excluding hydrogens is 438 g/mol. The van der Waals surface area contributed by atoms with Gasteiger partial charge < -0.3 is 15.4 Å². The summed E-state index contributed by atoms with van der Waals surface area (Å²) in [5.74, 6) is 1.28. The molecule has 1 fully saturated rings. The van der Waals surface area contributed by atoms with Crippen molar-refractivity contribution in [3.05, 3.63) is 59.4 Å². The van der Waals surface area contributed by atoms with Gasteiger partial charge in [0.15, 0.2) is 0 Å². The number of nitrogens with two attached hydrogens (primary N) is 1. The first-order valence-corrected chi connectivity index (χ1v) is 11.9. The van der Waals surface area contributed by atoms with Crippen LogP contribution in [0.25, 0.3) is 0 Å². The average Bonchev–Trinajstić information content (AvgIpc) is 2.83. The Morgan fingerprint density at radius 3 is 2.24 bits per heavy atom. The second-order valence-corrected chi connectivity index (χ2v) is 8.69. The number of hydrogen-bond donors (Lipinski definition) is 1. The summed E-state index contributed by atoms with van der Waals surface area (Å²) in [6.07, 6.45) is 9.37. The van der Waals surface area contributed by atoms with Crippen molar-refractivity contribution in [3.8, 4) is 0 Å². The molecule has 0 atom stereocenters. The van der Waals surface area contributed by atoms with Crippen molar-refractivity contribution in [2.24, 2.45) is 17.6 Å². The highest BCUT2D eigenvalue weighted by Gasteiger charge is 2.16. The minimum atomic E-state index is -0.459. The van der Waals surface area contributed by atoms with E-state index < -0.39 is 5.97 Å². The van der Waals surface area contributed by atoms with E-state index in [0.29, 0.717) is 17.8 Å². The van der Waals surface area contributed by atoms with Gasteiger partial charge in [-0.25, -0.2) is 4.79 Å². The Bertz CT molecular complexity index is 825. The van der Waals surface area contributed by atoms with Crippen LogP contribution in [0.4, 0.5) is 5.69 Å². The summed E-state index contributed by atoms with van der Waals surface area (Å²) in [6, 6.07) is 11.1. The first-order valence-electron chi connectivity index (χ1n) is 11.5. The van der Waals surface area contributed by atoms with Crippen LogP contribution >= 0.6 is 11.6 Å². The predicted octanol–water partition coefficient (Wildman–Crippen LogP) is 5.74. The first kappa shape index (κ1) is 28.6. The van der Waals surface area contributed by atoms with Crippen LogP contribution in [0.3, 0.4) is 0 Å². The molecule has 1 amide bonds. The second-order valence-electron chi connectivity index (χ2n) is 8.25. The zero-order chi connectivity index (χ0) is 24.6. The van der Waals surface area contributed by atoms with E-state index in [9.17, 15) is 9.59 Å². The number of pyridine rings is 1. The van der Waals surface area contributed by atoms with E-state index in [2.05, 4.69) is 16.6 Å². The Hall–Kier alpha value is -2.44. The summed E-state index contributed by atoms with van der Waals surface area (Å²) in [6.45, 7) is 7.31. The SMILES string of the molecule is CC1CCC(CN)CC1.CCCN(C(C)=O)c1cncc(C(=O)OC)c1.Clc1ccccc1. The van der Waals surface area contributed by atoms with Crippen LogP contribution in [0.1, 0.15) is 63.2 Å². The molecule has 0 bridgehead atoms. The fraction of sp³-hybridized carbons (Fsp3) is 0.500. The lowest BCUT2D eigenvalue weighted by atomic mass is 9.83. The van der Waals surface area contributed by atoms with Crippen LogP contribution in [0.15, 0.2) is 48.8 Å². The molecule has 182 valence electrons. The van der Waals surface area contributed by atoms with Crippen LogP contribution in [0, 0.1) is 11.8 Å². The van der Waals surface area contributed by atoms with E-state index in [-0.39, 0.29) is 5.91 Å². The predicted molar refractivity (Wildman–Crippen MR) is 136 cm³/mol. The maximum Gasteiger partial charge on any atom is 0.339 e. The zero-order valence-electron chi connectivity index (χ0n) is 20.3. The summed E-state index contributed by atoms with van der Waals surface area (Å²) in [7, 11) is 1.31. The van der Waals surface area contributed by atoms with Crippen molar-refractivity contribution in [1.82, 2.24) is 4.98 Å². The Morgan fingerprint density at radius 2 is 1.79 bits per heavy atom. The smallest absolute Gasteiger partial charge is 0.339 e. The van der Waals surface area contributed by atoms with Crippen molar-refractivity contribution in [2.75, 3.05) is 25.1 Å². The van der Waals surface area contributed by atoms with E-state index in [0.717, 1.165) is 29.8 Å². The number of anilines is 1. The normalized spacial score (nSPS) is 16.9. The zero-order valence-corrected chi connectivity index (χ0v) is 21.1. The molecule has 0 saturated heterocycles. The maximum absolute atomic E-state index is 11.5. The number of carbonyl (C=O) groups excluding carboxylic acids is 2. The number of benzene rings is 1. The van der Waals surface area contributed by atoms with Crippen molar-refractivity contribution in [1.29, 1.82) is 0 Å². The number of aromatic nitrogens is 1. The van der Waals surface area contributed by atoms with Crippen LogP contribution in [-0.4, -0.2) is 37.1 Å². The van der Waals surface area contributed by atoms with Gasteiger partial charge in [-0.2, -0.15) is 0 Å². The molecule has 1 aromatic heterocycles. The van der Waals surface area contributed by atoms with E-state index >= 15 is 0 Å². The van der Waals surface area contributed by atoms with Gasteiger partial charge in [-0.15, -0.1) is 0 Å². The molecule has 0 spiro atoms. The average molecular weight is 476 g/mol. The van der Waals surface area contributed by atoms with Gasteiger partial charge in [0.05, 0.1) is 24.6 Å². The van der Waals surface area contributed by atoms with Crippen LogP contribution in [0.2, 0.25) is 5.02 Å². The number of nitrogens with zero attached hydrogens (tertiary/aromatic N) is 2. The lowest BCUT2D eigenvalue weighted by Gasteiger charge is -2.24. The van der Waals surface area contributed by atoms with Crippen molar-refractivity contribution in [2.45, 2.75) is 52.9 Å². The summed E-state index contributed by atoms with van der Waals surface area (Å²) in [4.78, 5) is 28.3. The Morgan fingerprint density at radius 1 is 1.15 bits per heavy atom. The second kappa shape index (κ2) is 16.2. The van der Waals surface area contributed by atoms with E-state index in [1.54, 1.807) is 17.2 Å². The van der Waals surface area contributed by atoms with Crippen molar-refractivity contribution >= 4 is 29.2 Å². The van der Waals surface area contributed by atoms with Crippen molar-refractivity contribution in [3.63, 3.8) is 0 Å². The fourth-order valence-corrected chi connectivity index (χ4v) is 3.62. The van der Waals surface area contributed by atoms with Crippen LogP contribution < -0.4 is 10.6 Å². The minimum Gasteiger partial charge on any atom is -0.465 e. The lowest BCUT2D eigenvalue weighted by Crippen LogP contribution is -2.29. The number of rotatable bonds is 5. The van der Waals surface area contributed by atoms with Gasteiger partial charge in [-0.05, 0) is 55.8 Å². The number of esters is 1. The Labute approximate surface area is 203 Å². The largest absolute Gasteiger partial charge is 0.465 e. The number of carbonyl (C=O) groups is 2. The van der Waals surface area contributed by atoms with Gasteiger partial charge in [0.1, 0.15) is 0 Å². The molecule has 1 aliphatic rings. The summed E-state index contributed by atoms with van der Waals surface area (Å²) < 4.78 is 4.61. The third-order valence-electron chi connectivity index (χ3n) is 5.49. The molecule has 1 aromatic carbocycles. The number of methoxy groups -OCH3 is 1. The van der Waals surface area contributed by atoms with E-state index in [4.69, 9.17) is 17.3 Å². The van der Waals surface area contributed by atoms with E-state index in [1.165, 1.54) is 45.9 Å². The molecule has 2 aromatic rings. The maximum atomic E-state index is 11.5. The number of hydrogen-bond acceptors (Lipinski definition) is 5. The summed E-state index contributed by atoms with van der Waals surface area (Å²) in [5, 5.41) is 0.794. The highest BCUT2D eigenvalue weighted by atomic mass is 35.5. The molecule has 2 N–H and O–H groups in total. The molecule has 0 unspecified atom stereocenters. The summed E-state index contributed by atoms with van der Waals surface area (Å²) in [5.41, 5.74) is 6.50. The molecule has 1 aliphatic carbocycles.